The Morgan fingerprint density at radius 2 is 1.70 bits per heavy atom. The first kappa shape index (κ1) is 13.1. The van der Waals surface area contributed by atoms with Crippen molar-refractivity contribution in [2.24, 2.45) is 23.2 Å². The van der Waals surface area contributed by atoms with Gasteiger partial charge >= 0.3 is 0 Å². The molecule has 5 aliphatic rings. The summed E-state index contributed by atoms with van der Waals surface area (Å²) in [7, 11) is 0. The molecule has 4 aliphatic carbocycles. The summed E-state index contributed by atoms with van der Waals surface area (Å²) >= 11 is 0. The number of rotatable bonds is 3. The van der Waals surface area contributed by atoms with E-state index in [2.05, 4.69) is 5.48 Å². The minimum atomic E-state index is -0.235. The molecule has 0 spiro atoms. The first-order chi connectivity index (χ1) is 9.73. The van der Waals surface area contributed by atoms with E-state index in [-0.39, 0.29) is 17.6 Å². The summed E-state index contributed by atoms with van der Waals surface area (Å²) in [6.07, 6.45) is 10.2. The van der Waals surface area contributed by atoms with Crippen molar-refractivity contribution < 1.29 is 14.4 Å². The number of hydroxylamine groups is 1. The van der Waals surface area contributed by atoms with Crippen molar-refractivity contribution in [3.8, 4) is 0 Å². The molecule has 4 saturated carbocycles. The fourth-order valence-electron chi connectivity index (χ4n) is 5.42. The lowest BCUT2D eigenvalue weighted by Gasteiger charge is -2.55. The lowest BCUT2D eigenvalue weighted by atomic mass is 9.49. The topological polar surface area (TPSA) is 47.6 Å². The molecular formula is C16H25NO3. The van der Waals surface area contributed by atoms with Crippen LogP contribution in [0.1, 0.15) is 57.8 Å². The van der Waals surface area contributed by atoms with Crippen LogP contribution in [-0.2, 0) is 14.4 Å². The van der Waals surface area contributed by atoms with Gasteiger partial charge in [-0.25, -0.2) is 10.3 Å². The van der Waals surface area contributed by atoms with Crippen LogP contribution < -0.4 is 5.48 Å². The van der Waals surface area contributed by atoms with Crippen molar-refractivity contribution in [2.45, 2.75) is 64.1 Å². The van der Waals surface area contributed by atoms with Crippen molar-refractivity contribution >= 4 is 5.91 Å². The Morgan fingerprint density at radius 1 is 1.05 bits per heavy atom. The number of nitrogens with one attached hydrogen (secondary N) is 1. The maximum atomic E-state index is 12.6. The van der Waals surface area contributed by atoms with Crippen LogP contribution in [0.3, 0.4) is 0 Å². The van der Waals surface area contributed by atoms with Crippen LogP contribution in [0, 0.1) is 23.2 Å². The minimum Gasteiger partial charge on any atom is -0.350 e. The van der Waals surface area contributed by atoms with Gasteiger partial charge in [-0.05, 0) is 69.1 Å². The Labute approximate surface area is 120 Å². The van der Waals surface area contributed by atoms with E-state index in [0.29, 0.717) is 0 Å². The molecule has 1 heterocycles. The van der Waals surface area contributed by atoms with Gasteiger partial charge in [0.1, 0.15) is 0 Å². The molecule has 4 bridgehead atoms. The van der Waals surface area contributed by atoms with Gasteiger partial charge in [-0.1, -0.05) is 0 Å². The average Bonchev–Trinajstić information content (AvgIpc) is 2.44. The molecule has 0 radical (unpaired) electrons. The van der Waals surface area contributed by atoms with Gasteiger partial charge in [-0.15, -0.1) is 0 Å². The van der Waals surface area contributed by atoms with Crippen molar-refractivity contribution in [3.63, 3.8) is 0 Å². The molecule has 0 unspecified atom stereocenters. The maximum absolute atomic E-state index is 12.6. The predicted octanol–water partition coefficient (Wildman–Crippen LogP) is 2.78. The average molecular weight is 279 g/mol. The Balaban J connectivity index is 1.38. The third-order valence-corrected chi connectivity index (χ3v) is 5.94. The maximum Gasteiger partial charge on any atom is 0.249 e. The third-order valence-electron chi connectivity index (χ3n) is 5.94. The normalized spacial score (nSPS) is 46.4. The second-order valence-electron chi connectivity index (χ2n) is 7.54. The van der Waals surface area contributed by atoms with E-state index in [1.54, 1.807) is 0 Å². The number of hydrogen-bond donors (Lipinski definition) is 1. The third kappa shape index (κ3) is 2.27. The lowest BCUT2D eigenvalue weighted by molar-refractivity contribution is -0.209. The first-order valence-electron chi connectivity index (χ1n) is 8.31. The number of amides is 1. The molecule has 112 valence electrons. The van der Waals surface area contributed by atoms with E-state index < -0.39 is 0 Å². The van der Waals surface area contributed by atoms with Crippen molar-refractivity contribution in [3.05, 3.63) is 0 Å². The highest BCUT2D eigenvalue weighted by atomic mass is 16.8. The molecule has 0 aromatic rings. The largest absolute Gasteiger partial charge is 0.350 e. The van der Waals surface area contributed by atoms with E-state index >= 15 is 0 Å². The van der Waals surface area contributed by atoms with Gasteiger partial charge in [0.25, 0.3) is 0 Å². The van der Waals surface area contributed by atoms with Crippen molar-refractivity contribution in [1.82, 2.24) is 5.48 Å². The lowest BCUT2D eigenvalue weighted by Crippen LogP contribution is -2.54. The summed E-state index contributed by atoms with van der Waals surface area (Å²) in [4.78, 5) is 18.2. The smallest absolute Gasteiger partial charge is 0.249 e. The van der Waals surface area contributed by atoms with Crippen molar-refractivity contribution in [2.75, 3.05) is 6.61 Å². The summed E-state index contributed by atoms with van der Waals surface area (Å²) in [5, 5.41) is 0. The van der Waals surface area contributed by atoms with E-state index in [1.165, 1.54) is 19.3 Å². The Bertz CT molecular complexity index is 354. The Hall–Kier alpha value is -0.610. The van der Waals surface area contributed by atoms with Gasteiger partial charge < -0.3 is 4.74 Å². The number of carbonyl (C=O) groups is 1. The van der Waals surface area contributed by atoms with E-state index in [9.17, 15) is 4.79 Å². The molecule has 5 fully saturated rings. The molecule has 0 aromatic heterocycles. The SMILES string of the molecule is O=C(NO[C@H]1CCCCO1)C12CC3CC(CC(C3)C1)C2. The fourth-order valence-corrected chi connectivity index (χ4v) is 5.42. The van der Waals surface area contributed by atoms with Gasteiger partial charge in [-0.2, -0.15) is 0 Å². The van der Waals surface area contributed by atoms with Crippen LogP contribution in [0.15, 0.2) is 0 Å². The Kier molecular flexibility index (Phi) is 3.26. The van der Waals surface area contributed by atoms with Crippen LogP contribution in [0.2, 0.25) is 0 Å². The van der Waals surface area contributed by atoms with E-state index in [4.69, 9.17) is 9.57 Å². The molecule has 1 atom stereocenters. The Morgan fingerprint density at radius 3 is 2.25 bits per heavy atom. The minimum absolute atomic E-state index is 0.122. The molecule has 4 heteroatoms. The first-order valence-corrected chi connectivity index (χ1v) is 8.31. The van der Waals surface area contributed by atoms with Gasteiger partial charge in [0.2, 0.25) is 5.91 Å². The summed E-state index contributed by atoms with van der Waals surface area (Å²) in [6.45, 7) is 0.748. The van der Waals surface area contributed by atoms with Crippen molar-refractivity contribution in [1.29, 1.82) is 0 Å². The molecule has 5 rings (SSSR count). The standard InChI is InChI=1S/C16H25NO3/c18-15(17-20-14-3-1-2-4-19-14)16-8-11-5-12(9-16)7-13(6-11)10-16/h11-14H,1-10H2,(H,17,18)/t11?,12?,13?,14-,16?/m0/s1. The molecular weight excluding hydrogens is 254 g/mol. The van der Waals surface area contributed by atoms with Crippen LogP contribution in [0.5, 0.6) is 0 Å². The molecule has 4 nitrogen and oxygen atoms in total. The molecule has 1 saturated heterocycles. The van der Waals surface area contributed by atoms with Crippen LogP contribution >= 0.6 is 0 Å². The van der Waals surface area contributed by atoms with Gasteiger partial charge in [0.15, 0.2) is 6.29 Å². The number of carbonyl (C=O) groups excluding carboxylic acids is 1. The predicted molar refractivity (Wildman–Crippen MR) is 73.4 cm³/mol. The van der Waals surface area contributed by atoms with Gasteiger partial charge in [0.05, 0.1) is 5.41 Å². The molecule has 1 amide bonds. The highest BCUT2D eigenvalue weighted by molar-refractivity contribution is 5.82. The molecule has 20 heavy (non-hydrogen) atoms. The highest BCUT2D eigenvalue weighted by Gasteiger charge is 2.54. The van der Waals surface area contributed by atoms with E-state index in [0.717, 1.165) is 62.9 Å². The zero-order chi connectivity index (χ0) is 13.6. The summed E-state index contributed by atoms with van der Waals surface area (Å²) in [5.74, 6) is 2.50. The number of ether oxygens (including phenoxy) is 1. The number of hydrogen-bond acceptors (Lipinski definition) is 3. The quantitative estimate of drug-likeness (QED) is 0.808. The fraction of sp³-hybridized carbons (Fsp3) is 0.938. The monoisotopic (exact) mass is 279 g/mol. The van der Waals surface area contributed by atoms with Crippen LogP contribution in [-0.4, -0.2) is 18.8 Å². The van der Waals surface area contributed by atoms with Gasteiger partial charge in [0, 0.05) is 13.0 Å². The second-order valence-corrected chi connectivity index (χ2v) is 7.54. The molecule has 0 aromatic carbocycles. The van der Waals surface area contributed by atoms with Crippen LogP contribution in [0.25, 0.3) is 0 Å². The van der Waals surface area contributed by atoms with Crippen LogP contribution in [0.4, 0.5) is 0 Å². The summed E-state index contributed by atoms with van der Waals surface area (Å²) in [6, 6.07) is 0. The molecule has 1 aliphatic heterocycles. The summed E-state index contributed by atoms with van der Waals surface area (Å²) in [5.41, 5.74) is 2.62. The van der Waals surface area contributed by atoms with E-state index in [1.807, 2.05) is 0 Å². The summed E-state index contributed by atoms with van der Waals surface area (Å²) < 4.78 is 5.51. The highest BCUT2D eigenvalue weighted by Crippen LogP contribution is 2.60. The second kappa shape index (κ2) is 4.99. The van der Waals surface area contributed by atoms with Gasteiger partial charge in [-0.3, -0.25) is 4.79 Å². The molecule has 1 N–H and O–H groups in total. The zero-order valence-electron chi connectivity index (χ0n) is 12.1. The zero-order valence-corrected chi connectivity index (χ0v) is 12.1.